The number of rotatable bonds is 5. The van der Waals surface area contributed by atoms with Gasteiger partial charge in [0.2, 0.25) is 0 Å². The van der Waals surface area contributed by atoms with E-state index in [1.807, 2.05) is 31.2 Å². The first-order valence-electron chi connectivity index (χ1n) is 7.41. The maximum atomic E-state index is 11.6. The highest BCUT2D eigenvalue weighted by atomic mass is 16.1. The minimum absolute atomic E-state index is 0.00123. The van der Waals surface area contributed by atoms with Gasteiger partial charge in [0.15, 0.2) is 0 Å². The Bertz CT molecular complexity index is 394. The van der Waals surface area contributed by atoms with Crippen LogP contribution >= 0.6 is 0 Å². The summed E-state index contributed by atoms with van der Waals surface area (Å²) < 4.78 is 0. The molecule has 0 spiro atoms. The lowest BCUT2D eigenvalue weighted by atomic mass is 9.89. The Labute approximate surface area is 115 Å². The largest absolute Gasteiger partial charge is 0.385 e. The van der Waals surface area contributed by atoms with E-state index in [0.29, 0.717) is 6.54 Å². The SMILES string of the molecule is CCNC(=O)c1ccc(NCC2CCCCC2)cc1. The number of carbonyl (C=O) groups excluding carboxylic acids is 1. The fourth-order valence-electron chi connectivity index (χ4n) is 2.66. The van der Waals surface area contributed by atoms with Gasteiger partial charge in [0.05, 0.1) is 0 Å². The van der Waals surface area contributed by atoms with Crippen molar-refractivity contribution in [2.45, 2.75) is 39.0 Å². The Morgan fingerprint density at radius 2 is 1.84 bits per heavy atom. The molecule has 0 radical (unpaired) electrons. The summed E-state index contributed by atoms with van der Waals surface area (Å²) >= 11 is 0. The molecule has 0 bridgehead atoms. The van der Waals surface area contributed by atoms with E-state index in [9.17, 15) is 4.79 Å². The number of nitrogens with one attached hydrogen (secondary N) is 2. The minimum Gasteiger partial charge on any atom is -0.385 e. The highest BCUT2D eigenvalue weighted by Gasteiger charge is 2.12. The van der Waals surface area contributed by atoms with Gasteiger partial charge in [0.25, 0.3) is 5.91 Å². The lowest BCUT2D eigenvalue weighted by molar-refractivity contribution is 0.0956. The average Bonchev–Trinajstić information content (AvgIpc) is 2.47. The standard InChI is InChI=1S/C16H24N2O/c1-2-17-16(19)14-8-10-15(11-9-14)18-12-13-6-4-3-5-7-13/h8-11,13,18H,2-7,12H2,1H3,(H,17,19). The molecule has 0 atom stereocenters. The van der Waals surface area contributed by atoms with Crippen molar-refractivity contribution in [2.24, 2.45) is 5.92 Å². The van der Waals surface area contributed by atoms with Crippen LogP contribution in [0.5, 0.6) is 0 Å². The molecule has 2 N–H and O–H groups in total. The molecule has 0 aromatic heterocycles. The van der Waals surface area contributed by atoms with Crippen molar-refractivity contribution < 1.29 is 4.79 Å². The first-order chi connectivity index (χ1) is 9.29. The van der Waals surface area contributed by atoms with Gasteiger partial charge in [0.1, 0.15) is 0 Å². The zero-order chi connectivity index (χ0) is 13.5. The van der Waals surface area contributed by atoms with Crippen LogP contribution in [0.25, 0.3) is 0 Å². The van der Waals surface area contributed by atoms with E-state index in [-0.39, 0.29) is 5.91 Å². The molecule has 1 amide bonds. The van der Waals surface area contributed by atoms with Gasteiger partial charge in [-0.2, -0.15) is 0 Å². The summed E-state index contributed by atoms with van der Waals surface area (Å²) in [5, 5.41) is 6.29. The predicted octanol–water partition coefficient (Wildman–Crippen LogP) is 3.43. The first-order valence-corrected chi connectivity index (χ1v) is 7.41. The van der Waals surface area contributed by atoms with Crippen LogP contribution in [0.3, 0.4) is 0 Å². The third kappa shape index (κ3) is 4.27. The Hall–Kier alpha value is -1.51. The van der Waals surface area contributed by atoms with Crippen molar-refractivity contribution >= 4 is 11.6 Å². The Balaban J connectivity index is 1.82. The van der Waals surface area contributed by atoms with Crippen molar-refractivity contribution in [1.82, 2.24) is 5.32 Å². The number of hydrogen-bond acceptors (Lipinski definition) is 2. The second-order valence-corrected chi connectivity index (χ2v) is 5.32. The molecule has 0 heterocycles. The van der Waals surface area contributed by atoms with E-state index in [4.69, 9.17) is 0 Å². The molecule has 1 aliphatic rings. The van der Waals surface area contributed by atoms with Crippen LogP contribution in [0, 0.1) is 5.92 Å². The topological polar surface area (TPSA) is 41.1 Å². The minimum atomic E-state index is 0.00123. The van der Waals surface area contributed by atoms with Gasteiger partial charge >= 0.3 is 0 Å². The van der Waals surface area contributed by atoms with Crippen LogP contribution in [0.4, 0.5) is 5.69 Å². The Morgan fingerprint density at radius 1 is 1.16 bits per heavy atom. The van der Waals surface area contributed by atoms with Gasteiger partial charge in [-0.05, 0) is 49.9 Å². The van der Waals surface area contributed by atoms with Crippen LogP contribution in [0.1, 0.15) is 49.4 Å². The van der Waals surface area contributed by atoms with Crippen molar-refractivity contribution in [3.8, 4) is 0 Å². The van der Waals surface area contributed by atoms with Crippen molar-refractivity contribution in [2.75, 3.05) is 18.4 Å². The molecule has 1 aromatic rings. The van der Waals surface area contributed by atoms with Crippen LogP contribution in [0.2, 0.25) is 0 Å². The van der Waals surface area contributed by atoms with Crippen molar-refractivity contribution in [1.29, 1.82) is 0 Å². The monoisotopic (exact) mass is 260 g/mol. The maximum absolute atomic E-state index is 11.6. The molecule has 0 saturated heterocycles. The van der Waals surface area contributed by atoms with E-state index in [1.165, 1.54) is 32.1 Å². The number of benzene rings is 1. The predicted molar refractivity (Wildman–Crippen MR) is 79.5 cm³/mol. The van der Waals surface area contributed by atoms with Crippen LogP contribution in [-0.4, -0.2) is 19.0 Å². The van der Waals surface area contributed by atoms with Crippen LogP contribution in [0.15, 0.2) is 24.3 Å². The van der Waals surface area contributed by atoms with E-state index >= 15 is 0 Å². The van der Waals surface area contributed by atoms with E-state index in [0.717, 1.165) is 23.7 Å². The van der Waals surface area contributed by atoms with E-state index in [2.05, 4.69) is 10.6 Å². The summed E-state index contributed by atoms with van der Waals surface area (Å²) in [6.07, 6.45) is 6.86. The molecule has 0 unspecified atom stereocenters. The zero-order valence-corrected chi connectivity index (χ0v) is 11.7. The highest BCUT2D eigenvalue weighted by Crippen LogP contribution is 2.24. The molecule has 104 valence electrons. The summed E-state index contributed by atoms with van der Waals surface area (Å²) in [5.74, 6) is 0.818. The molecule has 0 aliphatic heterocycles. The zero-order valence-electron chi connectivity index (χ0n) is 11.7. The van der Waals surface area contributed by atoms with Gasteiger partial charge in [-0.15, -0.1) is 0 Å². The fourth-order valence-corrected chi connectivity index (χ4v) is 2.66. The van der Waals surface area contributed by atoms with E-state index < -0.39 is 0 Å². The normalized spacial score (nSPS) is 16.1. The number of hydrogen-bond donors (Lipinski definition) is 2. The van der Waals surface area contributed by atoms with Gasteiger partial charge in [0, 0.05) is 24.3 Å². The molecule has 3 nitrogen and oxygen atoms in total. The highest BCUT2D eigenvalue weighted by molar-refractivity contribution is 5.94. The smallest absolute Gasteiger partial charge is 0.251 e. The summed E-state index contributed by atoms with van der Waals surface area (Å²) in [6, 6.07) is 7.75. The molecule has 1 fully saturated rings. The third-order valence-corrected chi connectivity index (χ3v) is 3.80. The fraction of sp³-hybridized carbons (Fsp3) is 0.562. The summed E-state index contributed by atoms with van der Waals surface area (Å²) in [7, 11) is 0. The second-order valence-electron chi connectivity index (χ2n) is 5.32. The molecular weight excluding hydrogens is 236 g/mol. The summed E-state index contributed by atoms with van der Waals surface area (Å²) in [4.78, 5) is 11.6. The van der Waals surface area contributed by atoms with Crippen LogP contribution < -0.4 is 10.6 Å². The van der Waals surface area contributed by atoms with E-state index in [1.54, 1.807) is 0 Å². The molecule has 2 rings (SSSR count). The Kier molecular flexibility index (Phi) is 5.25. The number of anilines is 1. The lowest BCUT2D eigenvalue weighted by Crippen LogP contribution is -2.22. The number of carbonyl (C=O) groups is 1. The van der Waals surface area contributed by atoms with Crippen LogP contribution in [-0.2, 0) is 0 Å². The molecule has 1 saturated carbocycles. The van der Waals surface area contributed by atoms with Gasteiger partial charge in [-0.1, -0.05) is 19.3 Å². The van der Waals surface area contributed by atoms with Gasteiger partial charge in [-0.25, -0.2) is 0 Å². The number of amides is 1. The third-order valence-electron chi connectivity index (χ3n) is 3.80. The molecule has 3 heteroatoms. The molecule has 1 aromatic carbocycles. The quantitative estimate of drug-likeness (QED) is 0.851. The van der Waals surface area contributed by atoms with Gasteiger partial charge < -0.3 is 10.6 Å². The van der Waals surface area contributed by atoms with Crippen molar-refractivity contribution in [3.05, 3.63) is 29.8 Å². The van der Waals surface area contributed by atoms with Gasteiger partial charge in [-0.3, -0.25) is 4.79 Å². The summed E-state index contributed by atoms with van der Waals surface area (Å²) in [6.45, 7) is 3.65. The summed E-state index contributed by atoms with van der Waals surface area (Å²) in [5.41, 5.74) is 1.84. The first kappa shape index (κ1) is 13.9. The lowest BCUT2D eigenvalue weighted by Gasteiger charge is -2.22. The molecular formula is C16H24N2O. The molecule has 1 aliphatic carbocycles. The maximum Gasteiger partial charge on any atom is 0.251 e. The average molecular weight is 260 g/mol. The molecule has 19 heavy (non-hydrogen) atoms. The van der Waals surface area contributed by atoms with Crippen molar-refractivity contribution in [3.63, 3.8) is 0 Å². The second kappa shape index (κ2) is 7.17. The Morgan fingerprint density at radius 3 is 2.47 bits per heavy atom.